The second-order valence-electron chi connectivity index (χ2n) is 6.91. The molecular weight excluding hydrogens is 446 g/mol. The number of methoxy groups -OCH3 is 1. The number of halogens is 1. The Hall–Kier alpha value is -3.29. The van der Waals surface area contributed by atoms with E-state index in [2.05, 4.69) is 27.6 Å². The minimum absolute atomic E-state index is 0.141. The average molecular weight is 466 g/mol. The van der Waals surface area contributed by atoms with Crippen LogP contribution in [0, 0.1) is 0 Å². The number of aromatic nitrogens is 2. The summed E-state index contributed by atoms with van der Waals surface area (Å²) in [7, 11) is 1.64. The lowest BCUT2D eigenvalue weighted by atomic mass is 10.0. The van der Waals surface area contributed by atoms with Crippen LogP contribution < -0.4 is 10.1 Å². The minimum Gasteiger partial charge on any atom is -0.496 e. The molecule has 0 saturated carbocycles. The first-order valence-electron chi connectivity index (χ1n) is 9.83. The molecule has 0 atom stereocenters. The van der Waals surface area contributed by atoms with E-state index in [1.54, 1.807) is 31.4 Å². The van der Waals surface area contributed by atoms with Gasteiger partial charge in [-0.15, -0.1) is 10.2 Å². The molecular formula is C24H20ClN3O3S. The van der Waals surface area contributed by atoms with E-state index in [0.717, 1.165) is 22.4 Å². The van der Waals surface area contributed by atoms with E-state index in [4.69, 9.17) is 20.8 Å². The molecule has 4 rings (SSSR count). The average Bonchev–Trinajstić information content (AvgIpc) is 3.28. The summed E-state index contributed by atoms with van der Waals surface area (Å²) in [5.74, 6) is 1.13. The summed E-state index contributed by atoms with van der Waals surface area (Å²) in [6.07, 6.45) is 0.706. The van der Waals surface area contributed by atoms with Gasteiger partial charge >= 0.3 is 0 Å². The molecule has 32 heavy (non-hydrogen) atoms. The van der Waals surface area contributed by atoms with Crippen LogP contribution in [0.1, 0.15) is 11.1 Å². The quantitative estimate of drug-likeness (QED) is 0.335. The van der Waals surface area contributed by atoms with Gasteiger partial charge in [-0.2, -0.15) is 0 Å². The van der Waals surface area contributed by atoms with Gasteiger partial charge in [-0.25, -0.2) is 0 Å². The van der Waals surface area contributed by atoms with Gasteiger partial charge in [0.1, 0.15) is 5.75 Å². The number of anilines is 1. The Morgan fingerprint density at radius 3 is 2.59 bits per heavy atom. The summed E-state index contributed by atoms with van der Waals surface area (Å²) in [5, 5.41) is 11.9. The van der Waals surface area contributed by atoms with Crippen molar-refractivity contribution in [2.75, 3.05) is 18.2 Å². The van der Waals surface area contributed by atoms with Gasteiger partial charge < -0.3 is 14.5 Å². The normalized spacial score (nSPS) is 10.7. The summed E-state index contributed by atoms with van der Waals surface area (Å²) in [5.41, 5.74) is 3.63. The lowest BCUT2D eigenvalue weighted by molar-refractivity contribution is -0.113. The molecule has 162 valence electrons. The lowest BCUT2D eigenvalue weighted by Gasteiger charge is -2.12. The van der Waals surface area contributed by atoms with Crippen LogP contribution in [-0.2, 0) is 11.2 Å². The summed E-state index contributed by atoms with van der Waals surface area (Å²) >= 11 is 7.08. The second kappa shape index (κ2) is 10.3. The van der Waals surface area contributed by atoms with Gasteiger partial charge in [0, 0.05) is 28.3 Å². The van der Waals surface area contributed by atoms with Crippen molar-refractivity contribution in [2.24, 2.45) is 0 Å². The highest BCUT2D eigenvalue weighted by molar-refractivity contribution is 7.99. The molecule has 1 aromatic heterocycles. The fourth-order valence-corrected chi connectivity index (χ4v) is 3.80. The van der Waals surface area contributed by atoms with Crippen molar-refractivity contribution in [1.82, 2.24) is 10.2 Å². The Bertz CT molecular complexity index is 1200. The number of nitrogens with one attached hydrogen (secondary N) is 1. The molecule has 3 aromatic carbocycles. The zero-order valence-corrected chi connectivity index (χ0v) is 18.8. The minimum atomic E-state index is -0.169. The molecule has 0 aliphatic carbocycles. The third kappa shape index (κ3) is 5.69. The van der Waals surface area contributed by atoms with E-state index in [9.17, 15) is 4.79 Å². The van der Waals surface area contributed by atoms with Crippen LogP contribution in [-0.4, -0.2) is 29.0 Å². The number of rotatable bonds is 8. The van der Waals surface area contributed by atoms with Crippen LogP contribution in [0.3, 0.4) is 0 Å². The molecule has 0 aliphatic heterocycles. The van der Waals surface area contributed by atoms with Gasteiger partial charge in [-0.05, 0) is 48.0 Å². The summed E-state index contributed by atoms with van der Waals surface area (Å²) in [4.78, 5) is 12.5. The number of hydrogen-bond donors (Lipinski definition) is 1. The maximum Gasteiger partial charge on any atom is 0.277 e. The monoisotopic (exact) mass is 465 g/mol. The number of carbonyl (C=O) groups excluding carboxylic acids is 1. The maximum atomic E-state index is 12.5. The predicted octanol–water partition coefficient (Wildman–Crippen LogP) is 5.72. The van der Waals surface area contributed by atoms with Crippen molar-refractivity contribution in [2.45, 2.75) is 11.6 Å². The third-order valence-corrected chi connectivity index (χ3v) is 5.70. The van der Waals surface area contributed by atoms with Gasteiger partial charge in [-0.1, -0.05) is 53.7 Å². The van der Waals surface area contributed by atoms with Gasteiger partial charge in [0.05, 0.1) is 12.9 Å². The molecule has 8 heteroatoms. The molecule has 1 heterocycles. The van der Waals surface area contributed by atoms with Crippen LogP contribution in [0.4, 0.5) is 5.69 Å². The first-order valence-corrected chi connectivity index (χ1v) is 11.2. The lowest BCUT2D eigenvalue weighted by Crippen LogP contribution is -2.14. The van der Waals surface area contributed by atoms with Crippen molar-refractivity contribution in [3.8, 4) is 17.2 Å². The SMILES string of the molecule is COc1ccc(NC(=O)CSc2nnc(-c3ccc(Cl)cc3)o2)cc1Cc1ccccc1. The van der Waals surface area contributed by atoms with E-state index in [0.29, 0.717) is 28.2 Å². The highest BCUT2D eigenvalue weighted by Crippen LogP contribution is 2.27. The van der Waals surface area contributed by atoms with E-state index in [-0.39, 0.29) is 11.7 Å². The Morgan fingerprint density at radius 1 is 1.06 bits per heavy atom. The fourth-order valence-electron chi connectivity index (χ4n) is 3.11. The van der Waals surface area contributed by atoms with Crippen molar-refractivity contribution in [3.63, 3.8) is 0 Å². The van der Waals surface area contributed by atoms with Gasteiger partial charge in [0.15, 0.2) is 0 Å². The Kier molecular flexibility index (Phi) is 7.09. The summed E-state index contributed by atoms with van der Waals surface area (Å²) in [6.45, 7) is 0. The van der Waals surface area contributed by atoms with Crippen LogP contribution in [0.2, 0.25) is 5.02 Å². The molecule has 4 aromatic rings. The number of benzene rings is 3. The zero-order chi connectivity index (χ0) is 22.3. The van der Waals surface area contributed by atoms with E-state index in [1.807, 2.05) is 36.4 Å². The van der Waals surface area contributed by atoms with E-state index < -0.39 is 0 Å². The number of amides is 1. The van der Waals surface area contributed by atoms with Crippen LogP contribution >= 0.6 is 23.4 Å². The van der Waals surface area contributed by atoms with Gasteiger partial charge in [-0.3, -0.25) is 4.79 Å². The molecule has 0 spiro atoms. The highest BCUT2D eigenvalue weighted by atomic mass is 35.5. The van der Waals surface area contributed by atoms with Crippen molar-refractivity contribution >= 4 is 35.0 Å². The van der Waals surface area contributed by atoms with Crippen molar-refractivity contribution < 1.29 is 13.9 Å². The fraction of sp³-hybridized carbons (Fsp3) is 0.125. The molecule has 6 nitrogen and oxygen atoms in total. The summed E-state index contributed by atoms with van der Waals surface area (Å²) < 4.78 is 11.1. The Labute approximate surface area is 195 Å². The standard InChI is InChI=1S/C24H20ClN3O3S/c1-30-21-12-11-20(14-18(21)13-16-5-3-2-4-6-16)26-22(29)15-32-24-28-27-23(31-24)17-7-9-19(25)10-8-17/h2-12,14H,13,15H2,1H3,(H,26,29). The van der Waals surface area contributed by atoms with Crippen LogP contribution in [0.5, 0.6) is 5.75 Å². The first kappa shape index (κ1) is 21.9. The van der Waals surface area contributed by atoms with Gasteiger partial charge in [0.25, 0.3) is 5.22 Å². The smallest absolute Gasteiger partial charge is 0.277 e. The highest BCUT2D eigenvalue weighted by Gasteiger charge is 2.13. The van der Waals surface area contributed by atoms with Crippen LogP contribution in [0.25, 0.3) is 11.5 Å². The number of nitrogens with zero attached hydrogens (tertiary/aromatic N) is 2. The number of ether oxygens (including phenoxy) is 1. The number of carbonyl (C=O) groups is 1. The van der Waals surface area contributed by atoms with Crippen LogP contribution in [0.15, 0.2) is 82.4 Å². The molecule has 0 saturated heterocycles. The predicted molar refractivity (Wildman–Crippen MR) is 126 cm³/mol. The molecule has 1 amide bonds. The zero-order valence-electron chi connectivity index (χ0n) is 17.2. The van der Waals surface area contributed by atoms with Gasteiger partial charge in [0.2, 0.25) is 11.8 Å². The molecule has 1 N–H and O–H groups in total. The largest absolute Gasteiger partial charge is 0.496 e. The first-order chi connectivity index (χ1) is 15.6. The topological polar surface area (TPSA) is 77.2 Å². The maximum absolute atomic E-state index is 12.5. The Morgan fingerprint density at radius 2 is 1.84 bits per heavy atom. The van der Waals surface area contributed by atoms with Crippen molar-refractivity contribution in [1.29, 1.82) is 0 Å². The Balaban J connectivity index is 1.37. The van der Waals surface area contributed by atoms with E-state index in [1.165, 1.54) is 11.8 Å². The third-order valence-electron chi connectivity index (χ3n) is 4.63. The van der Waals surface area contributed by atoms with E-state index >= 15 is 0 Å². The molecule has 0 bridgehead atoms. The molecule has 0 unspecified atom stereocenters. The molecule has 0 radical (unpaired) electrons. The number of hydrogen-bond acceptors (Lipinski definition) is 6. The second-order valence-corrected chi connectivity index (χ2v) is 8.27. The van der Waals surface area contributed by atoms with Crippen molar-refractivity contribution in [3.05, 3.63) is 88.9 Å². The molecule has 0 fully saturated rings. The summed E-state index contributed by atoms with van der Waals surface area (Å²) in [6, 6.07) is 22.8. The molecule has 0 aliphatic rings. The number of thioether (sulfide) groups is 1.